The number of carbonyl (C=O) groups excluding carboxylic acids is 1. The van der Waals surface area contributed by atoms with Gasteiger partial charge in [-0.05, 0) is 17.7 Å². The molecular formula is C13H15BrClNO2. The van der Waals surface area contributed by atoms with E-state index >= 15 is 0 Å². The van der Waals surface area contributed by atoms with Crippen molar-refractivity contribution in [2.75, 3.05) is 25.1 Å². The maximum atomic E-state index is 12.3. The molecule has 0 aromatic heterocycles. The largest absolute Gasteiger partial charge is 0.377 e. The van der Waals surface area contributed by atoms with Gasteiger partial charge in [0.2, 0.25) is 5.91 Å². The Morgan fingerprint density at radius 2 is 2.39 bits per heavy atom. The zero-order chi connectivity index (χ0) is 13.0. The molecule has 0 spiro atoms. The number of nitrogens with zero attached hydrogens (tertiary/aromatic N) is 1. The summed E-state index contributed by atoms with van der Waals surface area (Å²) in [5.74, 6) is 0.130. The summed E-state index contributed by atoms with van der Waals surface area (Å²) in [4.78, 5) is 14.1. The van der Waals surface area contributed by atoms with E-state index in [0.29, 0.717) is 31.2 Å². The Hall–Kier alpha value is -0.580. The Morgan fingerprint density at radius 3 is 3.11 bits per heavy atom. The van der Waals surface area contributed by atoms with Crippen LogP contribution in [0.1, 0.15) is 5.56 Å². The maximum absolute atomic E-state index is 12.3. The van der Waals surface area contributed by atoms with Crippen molar-refractivity contribution in [2.45, 2.75) is 12.5 Å². The van der Waals surface area contributed by atoms with E-state index < -0.39 is 0 Å². The minimum absolute atomic E-state index is 0.130. The molecule has 1 heterocycles. The number of ether oxygens (including phenoxy) is 1. The summed E-state index contributed by atoms with van der Waals surface area (Å²) in [5, 5.41) is 1.41. The van der Waals surface area contributed by atoms with Crippen molar-refractivity contribution in [3.63, 3.8) is 0 Å². The number of benzene rings is 1. The fraction of sp³-hybridized carbons (Fsp3) is 0.462. The molecule has 2 rings (SSSR count). The number of morpholine rings is 1. The van der Waals surface area contributed by atoms with E-state index in [-0.39, 0.29) is 11.9 Å². The number of carbonyl (C=O) groups is 1. The monoisotopic (exact) mass is 331 g/mol. The summed E-state index contributed by atoms with van der Waals surface area (Å²) in [6.45, 7) is 1.88. The van der Waals surface area contributed by atoms with Crippen LogP contribution in [0.25, 0.3) is 0 Å². The van der Waals surface area contributed by atoms with E-state index in [4.69, 9.17) is 16.3 Å². The molecule has 0 aliphatic carbocycles. The lowest BCUT2D eigenvalue weighted by molar-refractivity contribution is -0.138. The van der Waals surface area contributed by atoms with Gasteiger partial charge in [0.15, 0.2) is 0 Å². The van der Waals surface area contributed by atoms with Gasteiger partial charge in [0, 0.05) is 16.9 Å². The molecule has 1 aliphatic heterocycles. The number of rotatable bonds is 3. The van der Waals surface area contributed by atoms with Gasteiger partial charge in [0.1, 0.15) is 0 Å². The van der Waals surface area contributed by atoms with E-state index in [1.165, 1.54) is 0 Å². The second-order valence-corrected chi connectivity index (χ2v) is 5.36. The first-order valence-electron chi connectivity index (χ1n) is 5.88. The molecule has 1 fully saturated rings. The average molecular weight is 333 g/mol. The average Bonchev–Trinajstić information content (AvgIpc) is 2.38. The van der Waals surface area contributed by atoms with Crippen molar-refractivity contribution in [1.82, 2.24) is 4.90 Å². The fourth-order valence-electron chi connectivity index (χ4n) is 2.03. The van der Waals surface area contributed by atoms with Gasteiger partial charge in [0.05, 0.1) is 25.7 Å². The van der Waals surface area contributed by atoms with Crippen molar-refractivity contribution in [2.24, 2.45) is 0 Å². The molecule has 1 aliphatic rings. The minimum Gasteiger partial charge on any atom is -0.377 e. The molecule has 1 aromatic carbocycles. The molecule has 1 atom stereocenters. The third kappa shape index (κ3) is 3.46. The van der Waals surface area contributed by atoms with Crippen LogP contribution in [0.2, 0.25) is 5.02 Å². The number of alkyl halides is 1. The van der Waals surface area contributed by atoms with Crippen LogP contribution in [-0.4, -0.2) is 41.9 Å². The highest BCUT2D eigenvalue weighted by atomic mass is 79.9. The van der Waals surface area contributed by atoms with Crippen LogP contribution in [0.15, 0.2) is 24.3 Å². The molecule has 1 saturated heterocycles. The Bertz CT molecular complexity index is 427. The van der Waals surface area contributed by atoms with Gasteiger partial charge in [-0.3, -0.25) is 4.79 Å². The summed E-state index contributed by atoms with van der Waals surface area (Å²) in [6.07, 6.45) is 0.393. The molecule has 0 radical (unpaired) electrons. The number of halogens is 2. The SMILES string of the molecule is O=C(Cc1cccc(Cl)c1)N1CCOCC1CBr. The van der Waals surface area contributed by atoms with Gasteiger partial charge in [-0.2, -0.15) is 0 Å². The first-order valence-corrected chi connectivity index (χ1v) is 7.38. The summed E-state index contributed by atoms with van der Waals surface area (Å²) in [6, 6.07) is 7.57. The van der Waals surface area contributed by atoms with Crippen LogP contribution in [0.5, 0.6) is 0 Å². The lowest BCUT2D eigenvalue weighted by Gasteiger charge is -2.34. The Kier molecular flexibility index (Phi) is 5.03. The molecule has 5 heteroatoms. The van der Waals surface area contributed by atoms with Gasteiger partial charge in [-0.1, -0.05) is 39.7 Å². The molecule has 98 valence electrons. The van der Waals surface area contributed by atoms with Gasteiger partial charge >= 0.3 is 0 Å². The lowest BCUT2D eigenvalue weighted by atomic mass is 10.1. The van der Waals surface area contributed by atoms with Crippen LogP contribution >= 0.6 is 27.5 Å². The van der Waals surface area contributed by atoms with Crippen LogP contribution < -0.4 is 0 Å². The predicted molar refractivity (Wildman–Crippen MR) is 75.3 cm³/mol. The summed E-state index contributed by atoms with van der Waals surface area (Å²) >= 11 is 9.34. The highest BCUT2D eigenvalue weighted by Gasteiger charge is 2.26. The van der Waals surface area contributed by atoms with Crippen LogP contribution in [-0.2, 0) is 16.0 Å². The van der Waals surface area contributed by atoms with Gasteiger partial charge in [-0.25, -0.2) is 0 Å². The number of amides is 1. The quantitative estimate of drug-likeness (QED) is 0.796. The smallest absolute Gasteiger partial charge is 0.227 e. The predicted octanol–water partition coefficient (Wildman–Crippen LogP) is 2.50. The molecule has 3 nitrogen and oxygen atoms in total. The van der Waals surface area contributed by atoms with Gasteiger partial charge < -0.3 is 9.64 Å². The van der Waals surface area contributed by atoms with Crippen molar-refractivity contribution in [3.05, 3.63) is 34.9 Å². The molecule has 1 aromatic rings. The molecule has 1 unspecified atom stereocenters. The molecule has 0 N–H and O–H groups in total. The lowest BCUT2D eigenvalue weighted by Crippen LogP contribution is -2.50. The van der Waals surface area contributed by atoms with E-state index in [1.54, 1.807) is 0 Å². The third-order valence-electron chi connectivity index (χ3n) is 2.97. The van der Waals surface area contributed by atoms with Gasteiger partial charge in [-0.15, -0.1) is 0 Å². The molecule has 0 bridgehead atoms. The third-order valence-corrected chi connectivity index (χ3v) is 3.95. The number of hydrogen-bond acceptors (Lipinski definition) is 2. The van der Waals surface area contributed by atoms with Crippen molar-refractivity contribution < 1.29 is 9.53 Å². The summed E-state index contributed by atoms with van der Waals surface area (Å²) in [7, 11) is 0. The van der Waals surface area contributed by atoms with Crippen molar-refractivity contribution in [3.8, 4) is 0 Å². The standard InChI is InChI=1S/C13H15BrClNO2/c14-8-12-9-18-5-4-16(12)13(17)7-10-2-1-3-11(15)6-10/h1-3,6,12H,4-5,7-9H2. The first kappa shape index (κ1) is 13.8. The topological polar surface area (TPSA) is 29.5 Å². The Morgan fingerprint density at radius 1 is 1.56 bits per heavy atom. The highest BCUT2D eigenvalue weighted by Crippen LogP contribution is 2.15. The zero-order valence-electron chi connectivity index (χ0n) is 9.94. The second kappa shape index (κ2) is 6.55. The molecular weight excluding hydrogens is 318 g/mol. The van der Waals surface area contributed by atoms with Crippen LogP contribution in [0.3, 0.4) is 0 Å². The van der Waals surface area contributed by atoms with E-state index in [0.717, 1.165) is 10.9 Å². The van der Waals surface area contributed by atoms with Crippen LogP contribution in [0, 0.1) is 0 Å². The van der Waals surface area contributed by atoms with Gasteiger partial charge in [0.25, 0.3) is 0 Å². The fourth-order valence-corrected chi connectivity index (χ4v) is 2.78. The second-order valence-electron chi connectivity index (χ2n) is 4.28. The molecule has 1 amide bonds. The Balaban J connectivity index is 2.02. The summed E-state index contributed by atoms with van der Waals surface area (Å²) in [5.41, 5.74) is 0.951. The Labute approximate surface area is 120 Å². The van der Waals surface area contributed by atoms with E-state index in [9.17, 15) is 4.79 Å². The van der Waals surface area contributed by atoms with Crippen molar-refractivity contribution >= 4 is 33.4 Å². The first-order chi connectivity index (χ1) is 8.70. The molecule has 18 heavy (non-hydrogen) atoms. The normalized spacial score (nSPS) is 19.9. The maximum Gasteiger partial charge on any atom is 0.227 e. The van der Waals surface area contributed by atoms with E-state index in [1.807, 2.05) is 29.2 Å². The van der Waals surface area contributed by atoms with Crippen LogP contribution in [0.4, 0.5) is 0 Å². The number of hydrogen-bond donors (Lipinski definition) is 0. The summed E-state index contributed by atoms with van der Waals surface area (Å²) < 4.78 is 5.38. The van der Waals surface area contributed by atoms with E-state index in [2.05, 4.69) is 15.9 Å². The van der Waals surface area contributed by atoms with Crippen molar-refractivity contribution in [1.29, 1.82) is 0 Å². The minimum atomic E-state index is 0.130. The highest BCUT2D eigenvalue weighted by molar-refractivity contribution is 9.09. The zero-order valence-corrected chi connectivity index (χ0v) is 12.3. The molecule has 0 saturated carbocycles.